The van der Waals surface area contributed by atoms with Gasteiger partial charge in [-0.3, -0.25) is 9.10 Å². The topological polar surface area (TPSA) is 67.9 Å². The van der Waals surface area contributed by atoms with E-state index in [-0.39, 0.29) is 5.91 Å². The molecule has 0 unspecified atom stereocenters. The summed E-state index contributed by atoms with van der Waals surface area (Å²) in [7, 11) is 0. The molecule has 1 atom stereocenters. The van der Waals surface area contributed by atoms with Crippen molar-refractivity contribution in [3.8, 4) is 5.75 Å². The summed E-state index contributed by atoms with van der Waals surface area (Å²) in [5.74, 6) is 1.13. The maximum absolute atomic E-state index is 13.6. The van der Waals surface area contributed by atoms with Gasteiger partial charge in [-0.15, -0.1) is 0 Å². The fourth-order valence-electron chi connectivity index (χ4n) is 4.43. The minimum atomic E-state index is -0.619. The predicted molar refractivity (Wildman–Crippen MR) is 146 cm³/mol. The van der Waals surface area contributed by atoms with Gasteiger partial charge in [0.25, 0.3) is 5.91 Å². The Balaban J connectivity index is 1.63. The number of carbonyl (C=O) groups excluding carboxylic acids is 2. The molecule has 0 aromatic heterocycles. The van der Waals surface area contributed by atoms with Crippen molar-refractivity contribution in [2.75, 3.05) is 6.26 Å². The standard InChI is InChI=1S/C29H40N2O4S/c1-29(2,3)35-28(33)30-26(19-22-11-7-5-8-12-22)27(32)31(36-4)20-23-15-17-25(18-16-23)34-21-24-13-9-6-10-14-24/h6,9-10,13-18,22,26H,5,7-8,11-12,19-21H2,1-4H3,(H,30,33)/t26-/m1/s1. The Kier molecular flexibility index (Phi) is 10.5. The average Bonchev–Trinajstić information content (AvgIpc) is 2.86. The van der Waals surface area contributed by atoms with E-state index in [1.165, 1.54) is 31.2 Å². The van der Waals surface area contributed by atoms with E-state index < -0.39 is 17.7 Å². The average molecular weight is 513 g/mol. The van der Waals surface area contributed by atoms with Crippen LogP contribution in [0.5, 0.6) is 5.75 Å². The van der Waals surface area contributed by atoms with Crippen molar-refractivity contribution in [1.29, 1.82) is 0 Å². The molecule has 2 amide bonds. The first kappa shape index (κ1) is 27.9. The normalized spacial score (nSPS) is 15.1. The van der Waals surface area contributed by atoms with Crippen LogP contribution in [0.15, 0.2) is 54.6 Å². The number of ether oxygens (including phenoxy) is 2. The van der Waals surface area contributed by atoms with E-state index >= 15 is 0 Å². The largest absolute Gasteiger partial charge is 0.489 e. The van der Waals surface area contributed by atoms with Crippen LogP contribution in [0.3, 0.4) is 0 Å². The van der Waals surface area contributed by atoms with Crippen LogP contribution in [0.4, 0.5) is 4.79 Å². The Bertz CT molecular complexity index is 953. The molecular weight excluding hydrogens is 472 g/mol. The summed E-state index contributed by atoms with van der Waals surface area (Å²) < 4.78 is 13.1. The Morgan fingerprint density at radius 2 is 1.67 bits per heavy atom. The third-order valence-electron chi connectivity index (χ3n) is 6.25. The van der Waals surface area contributed by atoms with Gasteiger partial charge in [0.05, 0.1) is 6.54 Å². The van der Waals surface area contributed by atoms with E-state index in [1.54, 1.807) is 4.31 Å². The van der Waals surface area contributed by atoms with Gasteiger partial charge in [-0.1, -0.05) is 86.5 Å². The lowest BCUT2D eigenvalue weighted by atomic mass is 9.84. The van der Waals surface area contributed by atoms with Crippen molar-refractivity contribution in [3.05, 3.63) is 65.7 Å². The lowest BCUT2D eigenvalue weighted by molar-refractivity contribution is -0.129. The monoisotopic (exact) mass is 512 g/mol. The van der Waals surface area contributed by atoms with Crippen LogP contribution in [-0.4, -0.2) is 34.2 Å². The Morgan fingerprint density at radius 3 is 2.28 bits per heavy atom. The van der Waals surface area contributed by atoms with Crippen molar-refractivity contribution < 1.29 is 19.1 Å². The molecule has 0 saturated heterocycles. The Morgan fingerprint density at radius 1 is 1.00 bits per heavy atom. The summed E-state index contributed by atoms with van der Waals surface area (Å²) >= 11 is 1.38. The van der Waals surface area contributed by atoms with Gasteiger partial charge in [0.15, 0.2) is 0 Å². The smallest absolute Gasteiger partial charge is 0.408 e. The first-order valence-electron chi connectivity index (χ1n) is 12.8. The number of hydrogen-bond acceptors (Lipinski definition) is 5. The van der Waals surface area contributed by atoms with Gasteiger partial charge in [-0.25, -0.2) is 4.79 Å². The lowest BCUT2D eigenvalue weighted by Gasteiger charge is -2.30. The molecular formula is C29H40N2O4S. The molecule has 1 aliphatic carbocycles. The molecule has 1 N–H and O–H groups in total. The fourth-order valence-corrected chi connectivity index (χ4v) is 5.02. The van der Waals surface area contributed by atoms with Crippen molar-refractivity contribution in [2.24, 2.45) is 5.92 Å². The lowest BCUT2D eigenvalue weighted by Crippen LogP contribution is -2.48. The van der Waals surface area contributed by atoms with E-state index in [2.05, 4.69) is 5.32 Å². The minimum absolute atomic E-state index is 0.0941. The van der Waals surface area contributed by atoms with Gasteiger partial charge in [-0.05, 0) is 56.4 Å². The van der Waals surface area contributed by atoms with E-state index in [1.807, 2.05) is 81.6 Å². The second-order valence-electron chi connectivity index (χ2n) is 10.4. The molecule has 2 aromatic carbocycles. The molecule has 0 heterocycles. The van der Waals surface area contributed by atoms with Crippen LogP contribution in [0.2, 0.25) is 0 Å². The van der Waals surface area contributed by atoms with E-state index in [0.29, 0.717) is 25.5 Å². The minimum Gasteiger partial charge on any atom is -0.489 e. The predicted octanol–water partition coefficient (Wildman–Crippen LogP) is 6.74. The summed E-state index contributed by atoms with van der Waals surface area (Å²) in [6, 6.07) is 17.3. The van der Waals surface area contributed by atoms with Crippen LogP contribution in [0, 0.1) is 5.92 Å². The number of alkyl carbamates (subject to hydrolysis) is 1. The summed E-state index contributed by atoms with van der Waals surface area (Å²) in [5.41, 5.74) is 1.49. The highest BCUT2D eigenvalue weighted by molar-refractivity contribution is 7.96. The number of benzene rings is 2. The van der Waals surface area contributed by atoms with Crippen LogP contribution < -0.4 is 10.1 Å². The number of rotatable bonds is 10. The number of nitrogens with one attached hydrogen (secondary N) is 1. The molecule has 0 spiro atoms. The molecule has 196 valence electrons. The van der Waals surface area contributed by atoms with Crippen molar-refractivity contribution >= 4 is 23.9 Å². The highest BCUT2D eigenvalue weighted by Gasteiger charge is 2.31. The molecule has 0 radical (unpaired) electrons. The zero-order valence-electron chi connectivity index (χ0n) is 22.0. The summed E-state index contributed by atoms with van der Waals surface area (Å²) in [4.78, 5) is 26.2. The maximum atomic E-state index is 13.6. The van der Waals surface area contributed by atoms with E-state index in [9.17, 15) is 9.59 Å². The third kappa shape index (κ3) is 9.41. The molecule has 1 aliphatic rings. The van der Waals surface area contributed by atoms with Crippen LogP contribution >= 0.6 is 11.9 Å². The van der Waals surface area contributed by atoms with Gasteiger partial charge in [0, 0.05) is 6.26 Å². The molecule has 6 nitrogen and oxygen atoms in total. The van der Waals surface area contributed by atoms with E-state index in [4.69, 9.17) is 9.47 Å². The van der Waals surface area contributed by atoms with Crippen molar-refractivity contribution in [2.45, 2.75) is 84.1 Å². The van der Waals surface area contributed by atoms with Gasteiger partial charge in [-0.2, -0.15) is 0 Å². The van der Waals surface area contributed by atoms with Crippen LogP contribution in [-0.2, 0) is 22.7 Å². The Labute approximate surface area is 220 Å². The molecule has 1 fully saturated rings. The van der Waals surface area contributed by atoms with E-state index in [0.717, 1.165) is 29.7 Å². The quantitative estimate of drug-likeness (QED) is 0.357. The second-order valence-corrected chi connectivity index (χ2v) is 11.2. The van der Waals surface area contributed by atoms with Gasteiger partial charge in [0.2, 0.25) is 0 Å². The highest BCUT2D eigenvalue weighted by Crippen LogP contribution is 2.29. The molecule has 7 heteroatoms. The number of hydrogen-bond donors (Lipinski definition) is 1. The van der Waals surface area contributed by atoms with Gasteiger partial charge >= 0.3 is 6.09 Å². The fraction of sp³-hybridized carbons (Fsp3) is 0.517. The zero-order chi connectivity index (χ0) is 26.0. The van der Waals surface area contributed by atoms with Gasteiger partial charge in [0.1, 0.15) is 24.0 Å². The highest BCUT2D eigenvalue weighted by atomic mass is 32.2. The first-order valence-corrected chi connectivity index (χ1v) is 14.0. The summed E-state index contributed by atoms with van der Waals surface area (Å²) in [6.45, 7) is 6.43. The van der Waals surface area contributed by atoms with Gasteiger partial charge < -0.3 is 14.8 Å². The Hall–Kier alpha value is -2.67. The first-order chi connectivity index (χ1) is 17.2. The summed E-state index contributed by atoms with van der Waals surface area (Å²) in [6.07, 6.45) is 7.80. The zero-order valence-corrected chi connectivity index (χ0v) is 22.8. The number of nitrogens with zero attached hydrogens (tertiary/aromatic N) is 1. The summed E-state index contributed by atoms with van der Waals surface area (Å²) in [5, 5.41) is 2.88. The van der Waals surface area contributed by atoms with Crippen LogP contribution in [0.25, 0.3) is 0 Å². The number of carbonyl (C=O) groups is 2. The third-order valence-corrected chi connectivity index (χ3v) is 7.00. The second kappa shape index (κ2) is 13.6. The number of amides is 2. The molecule has 3 rings (SSSR count). The molecule has 0 bridgehead atoms. The molecule has 36 heavy (non-hydrogen) atoms. The van der Waals surface area contributed by atoms with Crippen molar-refractivity contribution in [1.82, 2.24) is 9.62 Å². The SMILES string of the molecule is CSN(Cc1ccc(OCc2ccccc2)cc1)C(=O)[C@@H](CC1CCCCC1)NC(=O)OC(C)(C)C. The van der Waals surface area contributed by atoms with Crippen LogP contribution in [0.1, 0.15) is 70.4 Å². The molecule has 2 aromatic rings. The van der Waals surface area contributed by atoms with Crippen molar-refractivity contribution in [3.63, 3.8) is 0 Å². The molecule has 1 saturated carbocycles. The molecule has 0 aliphatic heterocycles. The maximum Gasteiger partial charge on any atom is 0.408 e.